The highest BCUT2D eigenvalue weighted by Crippen LogP contribution is 1.95. The van der Waals surface area contributed by atoms with Crippen LogP contribution in [0.2, 0.25) is 0 Å². The fraction of sp³-hybridized carbons (Fsp3) is 1.00. The van der Waals surface area contributed by atoms with E-state index < -0.39 is 0 Å². The van der Waals surface area contributed by atoms with E-state index in [0.29, 0.717) is 0 Å². The first-order chi connectivity index (χ1) is 5.81. The number of nitrogens with zero attached hydrogens (tertiary/aromatic N) is 1. The summed E-state index contributed by atoms with van der Waals surface area (Å²) in [6, 6.07) is 0. The third-order valence-corrected chi connectivity index (χ3v) is 2.15. The minimum Gasteiger partial charge on any atom is -0.385 e. The first-order valence-electron chi connectivity index (χ1n) is 4.59. The van der Waals surface area contributed by atoms with Crippen LogP contribution in [-0.2, 0) is 4.74 Å². The van der Waals surface area contributed by atoms with Gasteiger partial charge in [0.15, 0.2) is 0 Å². The Kier molecular flexibility index (Phi) is 9.57. The van der Waals surface area contributed by atoms with Gasteiger partial charge in [0.05, 0.1) is 0 Å². The van der Waals surface area contributed by atoms with Gasteiger partial charge in [-0.3, -0.25) is 0 Å². The number of hydrogen-bond donors (Lipinski definition) is 1. The molecule has 0 aliphatic heterocycles. The van der Waals surface area contributed by atoms with E-state index in [9.17, 15) is 0 Å². The summed E-state index contributed by atoms with van der Waals surface area (Å²) in [5.74, 6) is 1.01. The van der Waals surface area contributed by atoms with Crippen molar-refractivity contribution in [1.82, 2.24) is 4.90 Å². The highest BCUT2D eigenvalue weighted by Gasteiger charge is 1.96. The lowest BCUT2D eigenvalue weighted by Crippen LogP contribution is -2.21. The third kappa shape index (κ3) is 8.37. The summed E-state index contributed by atoms with van der Waals surface area (Å²) in [4.78, 5) is 2.35. The fourth-order valence-electron chi connectivity index (χ4n) is 1.08. The van der Waals surface area contributed by atoms with Crippen LogP contribution < -0.4 is 0 Å². The number of hydrogen-bond acceptors (Lipinski definition) is 3. The molecule has 2 nitrogen and oxygen atoms in total. The molecule has 0 spiro atoms. The number of unbranched alkanes of at least 4 members (excludes halogenated alkanes) is 1. The van der Waals surface area contributed by atoms with Crippen LogP contribution in [0.3, 0.4) is 0 Å². The first kappa shape index (κ1) is 12.3. The van der Waals surface area contributed by atoms with Gasteiger partial charge in [0, 0.05) is 20.3 Å². The molecule has 74 valence electrons. The molecule has 0 saturated heterocycles. The van der Waals surface area contributed by atoms with Gasteiger partial charge in [-0.1, -0.05) is 0 Å². The summed E-state index contributed by atoms with van der Waals surface area (Å²) in [6.07, 6.45) is 3.61. The summed E-state index contributed by atoms with van der Waals surface area (Å²) < 4.78 is 4.98. The molecule has 0 aliphatic rings. The van der Waals surface area contributed by atoms with E-state index in [2.05, 4.69) is 24.6 Å². The van der Waals surface area contributed by atoms with Crippen molar-refractivity contribution in [1.29, 1.82) is 0 Å². The zero-order chi connectivity index (χ0) is 9.23. The molecule has 0 aromatic carbocycles. The number of thiol groups is 1. The maximum atomic E-state index is 4.98. The van der Waals surface area contributed by atoms with Gasteiger partial charge in [-0.2, -0.15) is 12.6 Å². The van der Waals surface area contributed by atoms with Crippen molar-refractivity contribution in [3.8, 4) is 0 Å². The quantitative estimate of drug-likeness (QED) is 0.463. The highest BCUT2D eigenvalue weighted by molar-refractivity contribution is 7.80. The zero-order valence-corrected chi connectivity index (χ0v) is 9.15. The van der Waals surface area contributed by atoms with E-state index in [1.54, 1.807) is 7.11 Å². The van der Waals surface area contributed by atoms with Crippen LogP contribution >= 0.6 is 12.6 Å². The molecule has 0 aromatic heterocycles. The Labute approximate surface area is 81.7 Å². The highest BCUT2D eigenvalue weighted by atomic mass is 32.1. The predicted octanol–water partition coefficient (Wildman–Crippen LogP) is 1.66. The Bertz CT molecular complexity index is 80.6. The van der Waals surface area contributed by atoms with Gasteiger partial charge in [0.1, 0.15) is 0 Å². The molecule has 3 heteroatoms. The molecule has 0 rings (SSSR count). The zero-order valence-electron chi connectivity index (χ0n) is 8.25. The molecule has 0 fully saturated rings. The third-order valence-electron chi connectivity index (χ3n) is 1.84. The molecule has 0 N–H and O–H groups in total. The van der Waals surface area contributed by atoms with Crippen molar-refractivity contribution in [2.24, 2.45) is 0 Å². The second-order valence-corrected chi connectivity index (χ2v) is 3.53. The van der Waals surface area contributed by atoms with E-state index in [4.69, 9.17) is 4.74 Å². The Morgan fingerprint density at radius 2 is 1.83 bits per heavy atom. The second-order valence-electron chi connectivity index (χ2n) is 3.08. The van der Waals surface area contributed by atoms with Crippen molar-refractivity contribution >= 4 is 12.6 Å². The van der Waals surface area contributed by atoms with Crippen LogP contribution in [0, 0.1) is 0 Å². The summed E-state index contributed by atoms with van der Waals surface area (Å²) in [5, 5.41) is 0. The maximum Gasteiger partial charge on any atom is 0.0474 e. The largest absolute Gasteiger partial charge is 0.385 e. The van der Waals surface area contributed by atoms with E-state index >= 15 is 0 Å². The summed E-state index contributed by atoms with van der Waals surface area (Å²) in [7, 11) is 3.91. The van der Waals surface area contributed by atoms with Crippen molar-refractivity contribution in [3.63, 3.8) is 0 Å². The van der Waals surface area contributed by atoms with Crippen LogP contribution in [0.15, 0.2) is 0 Å². The average Bonchev–Trinajstić information content (AvgIpc) is 2.06. The smallest absolute Gasteiger partial charge is 0.0474 e. The van der Waals surface area contributed by atoms with E-state index in [1.165, 1.54) is 19.4 Å². The van der Waals surface area contributed by atoms with Gasteiger partial charge in [0.2, 0.25) is 0 Å². The van der Waals surface area contributed by atoms with Gasteiger partial charge in [-0.25, -0.2) is 0 Å². The summed E-state index contributed by atoms with van der Waals surface area (Å²) in [6.45, 7) is 3.20. The monoisotopic (exact) mass is 191 g/mol. The SMILES string of the molecule is COCCCN(C)CCCCS. The molecule has 0 amide bonds. The molecule has 0 saturated carbocycles. The van der Waals surface area contributed by atoms with E-state index in [-0.39, 0.29) is 0 Å². The maximum absolute atomic E-state index is 4.98. The second kappa shape index (κ2) is 9.36. The predicted molar refractivity (Wildman–Crippen MR) is 57.1 cm³/mol. The van der Waals surface area contributed by atoms with Crippen LogP contribution in [0.5, 0.6) is 0 Å². The molecule has 0 heterocycles. The van der Waals surface area contributed by atoms with Crippen molar-refractivity contribution in [3.05, 3.63) is 0 Å². The van der Waals surface area contributed by atoms with E-state index in [1.807, 2.05) is 0 Å². The van der Waals surface area contributed by atoms with Gasteiger partial charge in [-0.05, 0) is 38.6 Å². The normalized spacial score (nSPS) is 11.0. The number of rotatable bonds is 8. The van der Waals surface area contributed by atoms with Gasteiger partial charge in [-0.15, -0.1) is 0 Å². The molecule has 0 radical (unpaired) electrons. The number of ether oxygens (including phenoxy) is 1. The summed E-state index contributed by atoms with van der Waals surface area (Å²) >= 11 is 4.17. The van der Waals surface area contributed by atoms with Crippen molar-refractivity contribution < 1.29 is 4.74 Å². The van der Waals surface area contributed by atoms with Gasteiger partial charge >= 0.3 is 0 Å². The lowest BCUT2D eigenvalue weighted by molar-refractivity contribution is 0.179. The van der Waals surface area contributed by atoms with Gasteiger partial charge < -0.3 is 9.64 Å². The van der Waals surface area contributed by atoms with Crippen LogP contribution in [-0.4, -0.2) is 44.5 Å². The molecular formula is C9H21NOS. The lowest BCUT2D eigenvalue weighted by Gasteiger charge is -2.15. The average molecular weight is 191 g/mol. The Balaban J connectivity index is 3.04. The van der Waals surface area contributed by atoms with Crippen molar-refractivity contribution in [2.75, 3.05) is 39.6 Å². The first-order valence-corrected chi connectivity index (χ1v) is 5.23. The van der Waals surface area contributed by atoms with Crippen molar-refractivity contribution in [2.45, 2.75) is 19.3 Å². The van der Waals surface area contributed by atoms with Gasteiger partial charge in [0.25, 0.3) is 0 Å². The molecule has 0 unspecified atom stereocenters. The van der Waals surface area contributed by atoms with Crippen LogP contribution in [0.1, 0.15) is 19.3 Å². The Hall–Kier alpha value is 0.270. The molecule has 0 bridgehead atoms. The summed E-state index contributed by atoms with van der Waals surface area (Å²) in [5.41, 5.74) is 0. The molecule has 0 aliphatic carbocycles. The topological polar surface area (TPSA) is 12.5 Å². The Morgan fingerprint density at radius 3 is 2.42 bits per heavy atom. The minimum atomic E-state index is 0.872. The minimum absolute atomic E-state index is 0.872. The van der Waals surface area contributed by atoms with Crippen LogP contribution in [0.4, 0.5) is 0 Å². The molecule has 12 heavy (non-hydrogen) atoms. The van der Waals surface area contributed by atoms with Crippen LogP contribution in [0.25, 0.3) is 0 Å². The lowest BCUT2D eigenvalue weighted by atomic mass is 10.3. The molecule has 0 atom stereocenters. The van der Waals surface area contributed by atoms with E-state index in [0.717, 1.165) is 25.3 Å². The molecular weight excluding hydrogens is 170 g/mol. The standard InChI is InChI=1S/C9H21NOS/c1-10(6-3-4-9-12)7-5-8-11-2/h12H,3-9H2,1-2H3. The fourth-order valence-corrected chi connectivity index (χ4v) is 1.31. The molecule has 0 aromatic rings. The number of methoxy groups -OCH3 is 1. The Morgan fingerprint density at radius 1 is 1.17 bits per heavy atom.